The smallest absolute Gasteiger partial charge is 0.156 e. The molecule has 0 amide bonds. The van der Waals surface area contributed by atoms with Gasteiger partial charge in [-0.05, 0) is 17.9 Å². The van der Waals surface area contributed by atoms with E-state index in [1.54, 1.807) is 0 Å². The standard InChI is InChI=1S/C13H20N2S2/c1-4-10-8-17-12(15-10)14-9-13(2,3)11-6-5-7-16-11/h5-7,10H,4,8-9H2,1-3H3,(H,14,15). The summed E-state index contributed by atoms with van der Waals surface area (Å²) >= 11 is 3.68. The topological polar surface area (TPSA) is 24.4 Å². The molecule has 17 heavy (non-hydrogen) atoms. The Morgan fingerprint density at radius 1 is 1.53 bits per heavy atom. The SMILES string of the molecule is CCC1CSC(=NCC(C)(C)c2cccs2)N1. The van der Waals surface area contributed by atoms with E-state index < -0.39 is 0 Å². The molecule has 2 nitrogen and oxygen atoms in total. The summed E-state index contributed by atoms with van der Waals surface area (Å²) in [5.74, 6) is 1.16. The number of hydrogen-bond acceptors (Lipinski definition) is 3. The zero-order valence-corrected chi connectivity index (χ0v) is 12.3. The van der Waals surface area contributed by atoms with Crippen LogP contribution in [0.2, 0.25) is 0 Å². The summed E-state index contributed by atoms with van der Waals surface area (Å²) in [4.78, 5) is 6.14. The van der Waals surface area contributed by atoms with Gasteiger partial charge < -0.3 is 5.32 Å². The van der Waals surface area contributed by atoms with Gasteiger partial charge in [0.05, 0.1) is 6.54 Å². The van der Waals surface area contributed by atoms with Crippen molar-refractivity contribution in [2.45, 2.75) is 38.6 Å². The predicted molar refractivity (Wildman–Crippen MR) is 79.3 cm³/mol. The maximum absolute atomic E-state index is 4.72. The van der Waals surface area contributed by atoms with Gasteiger partial charge in [-0.1, -0.05) is 38.6 Å². The van der Waals surface area contributed by atoms with E-state index in [0.29, 0.717) is 6.04 Å². The minimum atomic E-state index is 0.147. The quantitative estimate of drug-likeness (QED) is 0.904. The number of nitrogens with one attached hydrogen (secondary N) is 1. The predicted octanol–water partition coefficient (Wildman–Crippen LogP) is 3.50. The number of thiophene rings is 1. The van der Waals surface area contributed by atoms with E-state index in [1.165, 1.54) is 11.3 Å². The van der Waals surface area contributed by atoms with Crippen molar-refractivity contribution in [1.82, 2.24) is 5.32 Å². The van der Waals surface area contributed by atoms with Crippen molar-refractivity contribution in [3.05, 3.63) is 22.4 Å². The van der Waals surface area contributed by atoms with Crippen molar-refractivity contribution in [3.8, 4) is 0 Å². The fourth-order valence-corrected chi connectivity index (χ4v) is 3.69. The molecule has 1 unspecified atom stereocenters. The first-order valence-electron chi connectivity index (χ1n) is 6.09. The number of thioether (sulfide) groups is 1. The molecule has 1 aromatic rings. The van der Waals surface area contributed by atoms with Crippen molar-refractivity contribution in [3.63, 3.8) is 0 Å². The molecule has 2 heterocycles. The van der Waals surface area contributed by atoms with Crippen LogP contribution in [0, 0.1) is 0 Å². The van der Waals surface area contributed by atoms with Crippen LogP contribution in [-0.4, -0.2) is 23.5 Å². The molecule has 1 atom stereocenters. The molecule has 1 aliphatic heterocycles. The van der Waals surface area contributed by atoms with E-state index in [1.807, 2.05) is 23.1 Å². The highest BCUT2D eigenvalue weighted by Gasteiger charge is 2.23. The van der Waals surface area contributed by atoms with Crippen LogP contribution in [0.4, 0.5) is 0 Å². The summed E-state index contributed by atoms with van der Waals surface area (Å²) in [7, 11) is 0. The number of rotatable bonds is 4. The molecule has 0 spiro atoms. The minimum absolute atomic E-state index is 0.147. The van der Waals surface area contributed by atoms with E-state index in [0.717, 1.165) is 17.5 Å². The Morgan fingerprint density at radius 3 is 2.94 bits per heavy atom. The van der Waals surface area contributed by atoms with Gasteiger partial charge in [-0.2, -0.15) is 0 Å². The molecule has 0 saturated carbocycles. The molecule has 0 bridgehead atoms. The Labute approximate surface area is 112 Å². The second-order valence-corrected chi connectivity index (χ2v) is 7.00. The molecule has 0 aliphatic carbocycles. The van der Waals surface area contributed by atoms with E-state index >= 15 is 0 Å². The molecule has 0 aromatic carbocycles. The highest BCUT2D eigenvalue weighted by atomic mass is 32.2. The molecule has 1 aliphatic rings. The van der Waals surface area contributed by atoms with Crippen LogP contribution in [0.25, 0.3) is 0 Å². The fraction of sp³-hybridized carbons (Fsp3) is 0.615. The van der Waals surface area contributed by atoms with Crippen molar-refractivity contribution in [2.24, 2.45) is 4.99 Å². The first-order chi connectivity index (χ1) is 8.12. The third-order valence-corrected chi connectivity index (χ3v) is 5.37. The highest BCUT2D eigenvalue weighted by molar-refractivity contribution is 8.14. The Balaban J connectivity index is 1.96. The van der Waals surface area contributed by atoms with Gasteiger partial charge in [-0.25, -0.2) is 0 Å². The van der Waals surface area contributed by atoms with E-state index in [-0.39, 0.29) is 5.41 Å². The zero-order chi connectivity index (χ0) is 12.3. The number of aliphatic imine (C=N–C) groups is 1. The van der Waals surface area contributed by atoms with Crippen molar-refractivity contribution < 1.29 is 0 Å². The third-order valence-electron chi connectivity index (χ3n) is 3.05. The van der Waals surface area contributed by atoms with Crippen LogP contribution in [0.5, 0.6) is 0 Å². The lowest BCUT2D eigenvalue weighted by Gasteiger charge is -2.20. The van der Waals surface area contributed by atoms with Crippen LogP contribution >= 0.6 is 23.1 Å². The lowest BCUT2D eigenvalue weighted by molar-refractivity contribution is 0.550. The average Bonchev–Trinajstić information content (AvgIpc) is 2.98. The lowest BCUT2D eigenvalue weighted by atomic mass is 9.92. The van der Waals surface area contributed by atoms with Gasteiger partial charge in [0.15, 0.2) is 5.17 Å². The van der Waals surface area contributed by atoms with Crippen LogP contribution in [0.15, 0.2) is 22.5 Å². The molecule has 1 fully saturated rings. The molecule has 2 rings (SSSR count). The molecule has 1 N–H and O–H groups in total. The van der Waals surface area contributed by atoms with E-state index in [4.69, 9.17) is 4.99 Å². The van der Waals surface area contributed by atoms with E-state index in [2.05, 4.69) is 43.6 Å². The van der Waals surface area contributed by atoms with Gasteiger partial charge >= 0.3 is 0 Å². The maximum atomic E-state index is 4.72. The molecular formula is C13H20N2S2. The largest absolute Gasteiger partial charge is 0.361 e. The average molecular weight is 268 g/mol. The summed E-state index contributed by atoms with van der Waals surface area (Å²) in [6.07, 6.45) is 1.18. The minimum Gasteiger partial charge on any atom is -0.361 e. The third kappa shape index (κ3) is 3.26. The fourth-order valence-electron chi connectivity index (χ4n) is 1.76. The molecule has 0 radical (unpaired) electrons. The van der Waals surface area contributed by atoms with Crippen LogP contribution < -0.4 is 5.32 Å². The summed E-state index contributed by atoms with van der Waals surface area (Å²) in [6.45, 7) is 7.61. The molecule has 4 heteroatoms. The van der Waals surface area contributed by atoms with Crippen molar-refractivity contribution in [1.29, 1.82) is 0 Å². The molecule has 1 aromatic heterocycles. The van der Waals surface area contributed by atoms with Crippen molar-refractivity contribution in [2.75, 3.05) is 12.3 Å². The molecule has 94 valence electrons. The Kier molecular flexibility index (Phi) is 4.15. The number of nitrogens with zero attached hydrogens (tertiary/aromatic N) is 1. The first-order valence-corrected chi connectivity index (χ1v) is 7.96. The molecule has 1 saturated heterocycles. The Morgan fingerprint density at radius 2 is 2.35 bits per heavy atom. The van der Waals surface area contributed by atoms with Gasteiger partial charge in [-0.15, -0.1) is 11.3 Å². The first kappa shape index (κ1) is 13.0. The summed E-state index contributed by atoms with van der Waals surface area (Å²) < 4.78 is 0. The molecular weight excluding hydrogens is 248 g/mol. The van der Waals surface area contributed by atoms with Crippen LogP contribution in [-0.2, 0) is 5.41 Å². The number of hydrogen-bond donors (Lipinski definition) is 1. The second-order valence-electron chi connectivity index (χ2n) is 5.04. The van der Waals surface area contributed by atoms with Crippen LogP contribution in [0.1, 0.15) is 32.1 Å². The van der Waals surface area contributed by atoms with Gasteiger partial charge in [0.25, 0.3) is 0 Å². The summed E-state index contributed by atoms with van der Waals surface area (Å²) in [6, 6.07) is 4.93. The van der Waals surface area contributed by atoms with E-state index in [9.17, 15) is 0 Å². The maximum Gasteiger partial charge on any atom is 0.156 e. The second kappa shape index (κ2) is 5.44. The van der Waals surface area contributed by atoms with Gasteiger partial charge in [0.2, 0.25) is 0 Å². The van der Waals surface area contributed by atoms with Gasteiger partial charge in [-0.3, -0.25) is 4.99 Å². The van der Waals surface area contributed by atoms with Gasteiger partial charge in [0, 0.05) is 22.1 Å². The highest BCUT2D eigenvalue weighted by Crippen LogP contribution is 2.28. The lowest BCUT2D eigenvalue weighted by Crippen LogP contribution is -2.27. The van der Waals surface area contributed by atoms with Gasteiger partial charge in [0.1, 0.15) is 0 Å². The monoisotopic (exact) mass is 268 g/mol. The van der Waals surface area contributed by atoms with Crippen molar-refractivity contribution >= 4 is 28.3 Å². The normalized spacial score (nSPS) is 23.0. The zero-order valence-electron chi connectivity index (χ0n) is 10.7. The number of amidine groups is 1. The Bertz CT molecular complexity index is 382. The van der Waals surface area contributed by atoms with Crippen LogP contribution in [0.3, 0.4) is 0 Å². The Hall–Kier alpha value is -0.480. The summed E-state index contributed by atoms with van der Waals surface area (Å²) in [5, 5.41) is 6.74. The summed E-state index contributed by atoms with van der Waals surface area (Å²) in [5.41, 5.74) is 0.147.